The first-order valence-electron chi connectivity index (χ1n) is 4.21. The Labute approximate surface area is 89.6 Å². The predicted molar refractivity (Wildman–Crippen MR) is 57.6 cm³/mol. The summed E-state index contributed by atoms with van der Waals surface area (Å²) >= 11 is 5.68. The average molecular weight is 243 g/mol. The van der Waals surface area contributed by atoms with Crippen molar-refractivity contribution in [3.05, 3.63) is 0 Å². The van der Waals surface area contributed by atoms with Gasteiger partial charge in [-0.3, -0.25) is 4.52 Å². The Hall–Kier alpha value is -0.0900. The normalized spacial score (nSPS) is 16.9. The number of hydrogen-bond acceptors (Lipinski definition) is 4. The zero-order chi connectivity index (χ0) is 11.2. The smallest absolute Gasteiger partial charge is 0.300 e. The quantitative estimate of drug-likeness (QED) is 0.408. The monoisotopic (exact) mass is 242 g/mol. The van der Waals surface area contributed by atoms with Crippen molar-refractivity contribution in [1.82, 2.24) is 4.67 Å². The van der Waals surface area contributed by atoms with Crippen LogP contribution in [0.4, 0.5) is 0 Å². The maximum absolute atomic E-state index is 11.7. The number of oxime groups is 1. The van der Waals surface area contributed by atoms with E-state index in [4.69, 9.17) is 20.7 Å². The van der Waals surface area contributed by atoms with Gasteiger partial charge in [-0.05, 0) is 20.5 Å². The van der Waals surface area contributed by atoms with Crippen molar-refractivity contribution in [2.45, 2.75) is 19.8 Å². The number of halogens is 1. The summed E-state index contributed by atoms with van der Waals surface area (Å²) in [4.78, 5) is 0. The molecule has 0 aliphatic rings. The van der Waals surface area contributed by atoms with Gasteiger partial charge in [0.05, 0.1) is 0 Å². The minimum absolute atomic E-state index is 0.284. The third kappa shape index (κ3) is 4.42. The van der Waals surface area contributed by atoms with Gasteiger partial charge in [0, 0.05) is 13.5 Å². The summed E-state index contributed by atoms with van der Waals surface area (Å²) in [6.45, 7) is 1.96. The number of rotatable bonds is 6. The summed E-state index contributed by atoms with van der Waals surface area (Å²) in [5.41, 5.74) is 0. The lowest BCUT2D eigenvalue weighted by molar-refractivity contribution is 0.204. The molecule has 0 rings (SSSR count). The van der Waals surface area contributed by atoms with Gasteiger partial charge in [-0.2, -0.15) is 0 Å². The van der Waals surface area contributed by atoms with E-state index in [2.05, 4.69) is 5.16 Å². The third-order valence-electron chi connectivity index (χ3n) is 1.42. The molecular weight excluding hydrogens is 227 g/mol. The fourth-order valence-corrected chi connectivity index (χ4v) is 1.63. The summed E-state index contributed by atoms with van der Waals surface area (Å²) in [6, 6.07) is 0. The van der Waals surface area contributed by atoms with Gasteiger partial charge >= 0.3 is 7.75 Å². The van der Waals surface area contributed by atoms with Gasteiger partial charge in [0.2, 0.25) is 0 Å². The molecule has 0 radical (unpaired) electrons. The first-order valence-corrected chi connectivity index (χ1v) is 6.08. The van der Waals surface area contributed by atoms with Crippen LogP contribution in [-0.4, -0.2) is 31.0 Å². The molecule has 0 amide bonds. The Morgan fingerprint density at radius 1 is 1.57 bits per heavy atom. The Bertz CT molecular complexity index is 245. The molecule has 84 valence electrons. The molecule has 0 N–H and O–H groups in total. The highest BCUT2D eigenvalue weighted by Gasteiger charge is 2.28. The fraction of sp³-hybridized carbons (Fsp3) is 0.857. The van der Waals surface area contributed by atoms with Crippen molar-refractivity contribution in [2.24, 2.45) is 5.16 Å². The van der Waals surface area contributed by atoms with Crippen LogP contribution in [0, 0.1) is 0 Å². The molecule has 0 fully saturated rings. The Kier molecular flexibility index (Phi) is 6.36. The number of nitrogens with zero attached hydrogens (tertiary/aromatic N) is 2. The first kappa shape index (κ1) is 13.9. The lowest BCUT2D eigenvalue weighted by Gasteiger charge is -2.18. The second-order valence-electron chi connectivity index (χ2n) is 2.80. The summed E-state index contributed by atoms with van der Waals surface area (Å²) < 4.78 is 22.5. The topological polar surface area (TPSA) is 51.1 Å². The molecule has 0 aliphatic heterocycles. The van der Waals surface area contributed by atoms with Crippen molar-refractivity contribution in [3.63, 3.8) is 0 Å². The van der Waals surface area contributed by atoms with E-state index in [1.54, 1.807) is 14.1 Å². The Balaban J connectivity index is 4.34. The zero-order valence-corrected chi connectivity index (χ0v) is 10.5. The number of hydrogen-bond donors (Lipinski definition) is 0. The van der Waals surface area contributed by atoms with E-state index in [0.717, 1.165) is 6.42 Å². The van der Waals surface area contributed by atoms with Crippen molar-refractivity contribution in [2.75, 3.05) is 21.2 Å². The molecule has 0 saturated heterocycles. The van der Waals surface area contributed by atoms with Crippen LogP contribution in [0.15, 0.2) is 5.16 Å². The predicted octanol–water partition coefficient (Wildman–Crippen LogP) is 2.67. The van der Waals surface area contributed by atoms with Gasteiger partial charge in [0.15, 0.2) is 0 Å². The maximum Gasteiger partial charge on any atom is 0.480 e. The lowest BCUT2D eigenvalue weighted by atomic mass is 10.4. The van der Waals surface area contributed by atoms with Crippen molar-refractivity contribution in [1.29, 1.82) is 0 Å². The average Bonchev–Trinajstić information content (AvgIpc) is 2.14. The molecule has 7 heteroatoms. The minimum Gasteiger partial charge on any atom is -0.300 e. The molecule has 1 atom stereocenters. The third-order valence-corrected chi connectivity index (χ3v) is 3.41. The highest BCUT2D eigenvalue weighted by Crippen LogP contribution is 2.49. The van der Waals surface area contributed by atoms with Crippen LogP contribution in [0.25, 0.3) is 0 Å². The standard InChI is InChI=1S/C7H16ClN2O3P/c1-5-6-7(8)9-13-14(11,12-4)10(2)3/h5-6H2,1-4H3/b9-7+. The molecule has 0 heterocycles. The van der Waals surface area contributed by atoms with E-state index in [-0.39, 0.29) is 5.17 Å². The van der Waals surface area contributed by atoms with E-state index >= 15 is 0 Å². The summed E-state index contributed by atoms with van der Waals surface area (Å²) in [6.07, 6.45) is 1.45. The van der Waals surface area contributed by atoms with Crippen LogP contribution in [-0.2, 0) is 13.7 Å². The van der Waals surface area contributed by atoms with Crippen LogP contribution in [0.2, 0.25) is 0 Å². The maximum atomic E-state index is 11.7. The molecule has 1 unspecified atom stereocenters. The van der Waals surface area contributed by atoms with Gasteiger partial charge in [-0.1, -0.05) is 23.7 Å². The Morgan fingerprint density at radius 2 is 2.14 bits per heavy atom. The molecule has 0 spiro atoms. The van der Waals surface area contributed by atoms with Crippen molar-refractivity contribution < 1.29 is 13.7 Å². The van der Waals surface area contributed by atoms with Crippen LogP contribution in [0.1, 0.15) is 19.8 Å². The minimum atomic E-state index is -3.29. The van der Waals surface area contributed by atoms with Crippen molar-refractivity contribution in [3.8, 4) is 0 Å². The van der Waals surface area contributed by atoms with E-state index in [1.165, 1.54) is 11.8 Å². The molecule has 0 bridgehead atoms. The molecule has 0 aromatic carbocycles. The van der Waals surface area contributed by atoms with Crippen LogP contribution in [0.3, 0.4) is 0 Å². The highest BCUT2D eigenvalue weighted by atomic mass is 35.5. The molecule has 0 saturated carbocycles. The molecule has 0 aromatic rings. The second kappa shape index (κ2) is 6.40. The molecule has 0 aromatic heterocycles. The van der Waals surface area contributed by atoms with E-state index in [0.29, 0.717) is 6.42 Å². The summed E-state index contributed by atoms with van der Waals surface area (Å²) in [5.74, 6) is 0. The highest BCUT2D eigenvalue weighted by molar-refractivity contribution is 7.51. The molecule has 5 nitrogen and oxygen atoms in total. The van der Waals surface area contributed by atoms with Crippen LogP contribution < -0.4 is 0 Å². The summed E-state index contributed by atoms with van der Waals surface area (Å²) in [5, 5.41) is 3.81. The Morgan fingerprint density at radius 3 is 2.50 bits per heavy atom. The molecular formula is C7H16ClN2O3P. The SMILES string of the molecule is CCC/C(Cl)=N\OP(=O)(OC)N(C)C. The zero-order valence-electron chi connectivity index (χ0n) is 8.86. The van der Waals surface area contributed by atoms with E-state index < -0.39 is 7.75 Å². The lowest BCUT2D eigenvalue weighted by Crippen LogP contribution is -2.10. The largest absolute Gasteiger partial charge is 0.480 e. The molecule has 0 aliphatic carbocycles. The fourth-order valence-electron chi connectivity index (χ4n) is 0.617. The van der Waals surface area contributed by atoms with Gasteiger partial charge in [-0.25, -0.2) is 9.24 Å². The van der Waals surface area contributed by atoms with Gasteiger partial charge in [0.1, 0.15) is 5.17 Å². The van der Waals surface area contributed by atoms with E-state index in [9.17, 15) is 4.57 Å². The summed E-state index contributed by atoms with van der Waals surface area (Å²) in [7, 11) is 1.16. The van der Waals surface area contributed by atoms with Crippen LogP contribution in [0.5, 0.6) is 0 Å². The van der Waals surface area contributed by atoms with Crippen molar-refractivity contribution >= 4 is 24.5 Å². The second-order valence-corrected chi connectivity index (χ2v) is 5.50. The van der Waals surface area contributed by atoms with Gasteiger partial charge in [0.25, 0.3) is 0 Å². The van der Waals surface area contributed by atoms with Crippen LogP contribution >= 0.6 is 19.3 Å². The molecule has 14 heavy (non-hydrogen) atoms. The van der Waals surface area contributed by atoms with Gasteiger partial charge in [-0.15, -0.1) is 0 Å². The first-order chi connectivity index (χ1) is 6.46. The van der Waals surface area contributed by atoms with Gasteiger partial charge < -0.3 is 4.62 Å². The van der Waals surface area contributed by atoms with E-state index in [1.807, 2.05) is 6.92 Å².